The average Bonchev–Trinajstić information content (AvgIpc) is 3.09. The first-order valence-corrected chi connectivity index (χ1v) is 11.5. The van der Waals surface area contributed by atoms with Crippen molar-refractivity contribution in [3.8, 4) is 5.75 Å². The Labute approximate surface area is 201 Å². The summed E-state index contributed by atoms with van der Waals surface area (Å²) in [7, 11) is 0. The third-order valence-corrected chi connectivity index (χ3v) is 7.35. The maximum Gasteiger partial charge on any atom is 0.319 e. The van der Waals surface area contributed by atoms with Gasteiger partial charge in [-0.05, 0) is 41.8 Å². The minimum absolute atomic E-state index is 0.305. The van der Waals surface area contributed by atoms with Crippen molar-refractivity contribution < 1.29 is 19.1 Å². The monoisotopic (exact) mass is 469 g/mol. The Morgan fingerprint density at radius 1 is 0.853 bits per heavy atom. The van der Waals surface area contributed by atoms with Gasteiger partial charge in [-0.3, -0.25) is 14.4 Å². The molecule has 34 heavy (non-hydrogen) atoms. The van der Waals surface area contributed by atoms with Gasteiger partial charge in [0, 0.05) is 11.5 Å². The van der Waals surface area contributed by atoms with Gasteiger partial charge in [0.15, 0.2) is 0 Å². The Bertz CT molecular complexity index is 1400. The molecule has 168 valence electrons. The molecule has 0 saturated carbocycles. The lowest BCUT2D eigenvalue weighted by Crippen LogP contribution is -2.42. The minimum atomic E-state index is -0.879. The third-order valence-electron chi connectivity index (χ3n) is 7.03. The molecular formula is C28H20ClNO4. The highest BCUT2D eigenvalue weighted by atomic mass is 35.5. The first kappa shape index (κ1) is 20.9. The van der Waals surface area contributed by atoms with E-state index in [9.17, 15) is 14.4 Å². The standard InChI is InChI=1S/C28H20ClNO4/c1-15-11-12-17-19-14-18(16-7-3-2-4-8-16)23-25(24(19)28(33)34-22(17)13-15)27(32)30(26(23)31)21-10-6-5-9-20(21)29/h2-14,18,23-25H,1H3/t18-,23+,24-,25-/m1/s1. The predicted octanol–water partition coefficient (Wildman–Crippen LogP) is 5.17. The molecule has 0 bridgehead atoms. The molecule has 6 heteroatoms. The van der Waals surface area contributed by atoms with E-state index in [4.69, 9.17) is 16.3 Å². The van der Waals surface area contributed by atoms with Crippen LogP contribution in [0.2, 0.25) is 5.02 Å². The Morgan fingerprint density at radius 2 is 1.56 bits per heavy atom. The van der Waals surface area contributed by atoms with Crippen molar-refractivity contribution in [3.63, 3.8) is 0 Å². The van der Waals surface area contributed by atoms with E-state index in [-0.39, 0.29) is 11.8 Å². The van der Waals surface area contributed by atoms with E-state index in [0.29, 0.717) is 16.5 Å². The summed E-state index contributed by atoms with van der Waals surface area (Å²) in [6.07, 6.45) is 1.98. The molecule has 0 unspecified atom stereocenters. The highest BCUT2D eigenvalue weighted by Gasteiger charge is 2.60. The maximum absolute atomic E-state index is 13.9. The zero-order valence-corrected chi connectivity index (χ0v) is 19.0. The molecule has 6 rings (SSSR count). The van der Waals surface area contributed by atoms with E-state index >= 15 is 0 Å². The first-order valence-electron chi connectivity index (χ1n) is 11.2. The fourth-order valence-electron chi connectivity index (χ4n) is 5.54. The Kier molecular flexibility index (Phi) is 4.71. The molecule has 2 aliphatic heterocycles. The van der Waals surface area contributed by atoms with Crippen LogP contribution in [0.4, 0.5) is 5.69 Å². The number of aryl methyl sites for hydroxylation is 1. The maximum atomic E-state index is 13.9. The number of ether oxygens (including phenoxy) is 1. The lowest BCUT2D eigenvalue weighted by molar-refractivity contribution is -0.142. The average molecular weight is 470 g/mol. The zero-order chi connectivity index (χ0) is 23.6. The first-order chi connectivity index (χ1) is 16.5. The number of benzene rings is 3. The number of rotatable bonds is 2. The molecule has 1 saturated heterocycles. The van der Waals surface area contributed by atoms with Crippen LogP contribution in [-0.2, 0) is 14.4 Å². The number of esters is 1. The van der Waals surface area contributed by atoms with E-state index in [0.717, 1.165) is 27.2 Å². The number of halogens is 1. The fourth-order valence-corrected chi connectivity index (χ4v) is 5.76. The Balaban J connectivity index is 1.57. The topological polar surface area (TPSA) is 63.7 Å². The SMILES string of the molecule is Cc1ccc2c(c1)OC(=O)[C@@H]1C2=C[C@H](c2ccccc2)[C@@H]2C(=O)N(c3ccccc3Cl)C(=O)[C@@H]12. The van der Waals surface area contributed by atoms with Crippen molar-refractivity contribution in [2.75, 3.05) is 4.90 Å². The van der Waals surface area contributed by atoms with Gasteiger partial charge >= 0.3 is 5.97 Å². The highest BCUT2D eigenvalue weighted by molar-refractivity contribution is 6.36. The van der Waals surface area contributed by atoms with Gasteiger partial charge in [0.1, 0.15) is 5.75 Å². The van der Waals surface area contributed by atoms with Crippen LogP contribution in [0.1, 0.15) is 22.6 Å². The molecule has 4 atom stereocenters. The van der Waals surface area contributed by atoms with Crippen LogP contribution in [0.15, 0.2) is 78.9 Å². The quantitative estimate of drug-likeness (QED) is 0.295. The number of nitrogens with zero attached hydrogens (tertiary/aromatic N) is 1. The van der Waals surface area contributed by atoms with Crippen molar-refractivity contribution >= 4 is 40.6 Å². The molecule has 2 amide bonds. The molecule has 3 aliphatic rings. The molecule has 2 heterocycles. The number of allylic oxidation sites excluding steroid dienone is 1. The number of amides is 2. The van der Waals surface area contributed by atoms with E-state index in [1.807, 2.05) is 61.5 Å². The van der Waals surface area contributed by atoms with Crippen LogP contribution >= 0.6 is 11.6 Å². The number of para-hydroxylation sites is 1. The van der Waals surface area contributed by atoms with Crippen molar-refractivity contribution in [2.24, 2.45) is 17.8 Å². The van der Waals surface area contributed by atoms with Gasteiger partial charge in [0.25, 0.3) is 0 Å². The summed E-state index contributed by atoms with van der Waals surface area (Å²) in [5, 5.41) is 0.305. The smallest absolute Gasteiger partial charge is 0.319 e. The fraction of sp³-hybridized carbons (Fsp3) is 0.179. The number of fused-ring (bicyclic) bond motifs is 5. The lowest BCUT2D eigenvalue weighted by atomic mass is 9.64. The second kappa shape index (κ2) is 7.67. The van der Waals surface area contributed by atoms with Gasteiger partial charge in [0.05, 0.1) is 28.5 Å². The summed E-state index contributed by atoms with van der Waals surface area (Å²) in [6.45, 7) is 1.93. The summed E-state index contributed by atoms with van der Waals surface area (Å²) in [4.78, 5) is 42.1. The van der Waals surface area contributed by atoms with Crippen molar-refractivity contribution in [1.82, 2.24) is 0 Å². The normalized spacial score (nSPS) is 25.3. The van der Waals surface area contributed by atoms with Gasteiger partial charge in [-0.15, -0.1) is 0 Å². The highest BCUT2D eigenvalue weighted by Crippen LogP contribution is 2.55. The van der Waals surface area contributed by atoms with Gasteiger partial charge in [-0.25, -0.2) is 4.90 Å². The van der Waals surface area contributed by atoms with E-state index in [1.165, 1.54) is 0 Å². The van der Waals surface area contributed by atoms with Crippen molar-refractivity contribution in [1.29, 1.82) is 0 Å². The van der Waals surface area contributed by atoms with Gasteiger partial charge in [-0.1, -0.05) is 72.3 Å². The molecule has 1 fully saturated rings. The number of carbonyl (C=O) groups excluding carboxylic acids is 3. The number of carbonyl (C=O) groups is 3. The van der Waals surface area contributed by atoms with E-state index < -0.39 is 29.6 Å². The predicted molar refractivity (Wildman–Crippen MR) is 128 cm³/mol. The van der Waals surface area contributed by atoms with Crippen LogP contribution in [0.25, 0.3) is 5.57 Å². The van der Waals surface area contributed by atoms with Crippen LogP contribution in [-0.4, -0.2) is 17.8 Å². The lowest BCUT2D eigenvalue weighted by Gasteiger charge is -2.38. The molecule has 5 nitrogen and oxygen atoms in total. The molecule has 0 N–H and O–H groups in total. The second-order valence-electron chi connectivity index (χ2n) is 8.97. The van der Waals surface area contributed by atoms with Crippen LogP contribution in [0, 0.1) is 24.7 Å². The van der Waals surface area contributed by atoms with E-state index in [2.05, 4.69) is 0 Å². The molecule has 0 aromatic heterocycles. The van der Waals surface area contributed by atoms with Gasteiger partial charge < -0.3 is 4.74 Å². The zero-order valence-electron chi connectivity index (χ0n) is 18.3. The number of anilines is 1. The van der Waals surface area contributed by atoms with E-state index in [1.54, 1.807) is 24.3 Å². The van der Waals surface area contributed by atoms with Gasteiger partial charge in [-0.2, -0.15) is 0 Å². The summed E-state index contributed by atoms with van der Waals surface area (Å²) < 4.78 is 5.69. The number of hydrogen-bond donors (Lipinski definition) is 0. The minimum Gasteiger partial charge on any atom is -0.425 e. The summed E-state index contributed by atoms with van der Waals surface area (Å²) >= 11 is 6.38. The van der Waals surface area contributed by atoms with Crippen LogP contribution < -0.4 is 9.64 Å². The van der Waals surface area contributed by atoms with Crippen molar-refractivity contribution in [3.05, 3.63) is 101 Å². The summed E-state index contributed by atoms with van der Waals surface area (Å²) in [5.41, 5.74) is 3.74. The summed E-state index contributed by atoms with van der Waals surface area (Å²) in [5.74, 6) is -3.65. The molecule has 3 aromatic rings. The number of imide groups is 1. The largest absolute Gasteiger partial charge is 0.425 e. The van der Waals surface area contributed by atoms with Crippen LogP contribution in [0.5, 0.6) is 5.75 Å². The Morgan fingerprint density at radius 3 is 2.32 bits per heavy atom. The third kappa shape index (κ3) is 2.97. The molecule has 0 radical (unpaired) electrons. The van der Waals surface area contributed by atoms with Gasteiger partial charge in [0.2, 0.25) is 11.8 Å². The molecule has 1 aliphatic carbocycles. The summed E-state index contributed by atoms with van der Waals surface area (Å²) in [6, 6.07) is 22.1. The van der Waals surface area contributed by atoms with Crippen LogP contribution in [0.3, 0.4) is 0 Å². The number of hydrogen-bond acceptors (Lipinski definition) is 4. The molecule has 0 spiro atoms. The Hall–Kier alpha value is -3.70. The molecular weight excluding hydrogens is 450 g/mol. The second-order valence-corrected chi connectivity index (χ2v) is 9.38. The van der Waals surface area contributed by atoms with Crippen molar-refractivity contribution in [2.45, 2.75) is 12.8 Å². The molecule has 3 aromatic carbocycles.